The van der Waals surface area contributed by atoms with Gasteiger partial charge < -0.3 is 0 Å². The van der Waals surface area contributed by atoms with E-state index in [4.69, 9.17) is 0 Å². The molecule has 2 bridgehead atoms. The molecule has 4 heteroatoms. The predicted molar refractivity (Wildman–Crippen MR) is 61.8 cm³/mol. The molecular weight excluding hydrogens is 214 g/mol. The molecule has 14 heavy (non-hydrogen) atoms. The molecular formula is C10H13NOS2. The van der Waals surface area contributed by atoms with Crippen molar-refractivity contribution >= 4 is 29.3 Å². The van der Waals surface area contributed by atoms with E-state index in [0.717, 1.165) is 6.42 Å². The summed E-state index contributed by atoms with van der Waals surface area (Å²) in [5.41, 5.74) is 0. The van der Waals surface area contributed by atoms with Crippen LogP contribution in [0.5, 0.6) is 0 Å². The number of rotatable bonds is 0. The van der Waals surface area contributed by atoms with E-state index in [-0.39, 0.29) is 6.04 Å². The molecule has 0 aliphatic carbocycles. The molecule has 3 heterocycles. The Morgan fingerprint density at radius 3 is 2.86 bits per heavy atom. The molecule has 0 amide bonds. The van der Waals surface area contributed by atoms with E-state index in [2.05, 4.69) is 41.5 Å². The second kappa shape index (κ2) is 3.03. The third kappa shape index (κ3) is 1.08. The van der Waals surface area contributed by atoms with Gasteiger partial charge in [0.25, 0.3) is 0 Å². The van der Waals surface area contributed by atoms with Crippen molar-refractivity contribution in [3.8, 4) is 0 Å². The number of hydrogen-bond donors (Lipinski definition) is 0. The Bertz CT molecular complexity index is 309. The predicted octanol–water partition coefficient (Wildman–Crippen LogP) is 1.37. The summed E-state index contributed by atoms with van der Waals surface area (Å²) in [6.45, 7) is 0. The topological polar surface area (TPSA) is 20.3 Å². The highest BCUT2D eigenvalue weighted by Crippen LogP contribution is 2.56. The molecule has 0 N–H and O–H groups in total. The summed E-state index contributed by atoms with van der Waals surface area (Å²) in [4.78, 5) is 13.9. The number of thioether (sulfide) groups is 2. The second-order valence-electron chi connectivity index (χ2n) is 4.10. The zero-order chi connectivity index (χ0) is 9.76. The first-order valence-corrected chi connectivity index (χ1v) is 6.92. The number of nitrogens with zero attached hydrogens (tertiary/aromatic N) is 1. The van der Waals surface area contributed by atoms with Gasteiger partial charge in [-0.2, -0.15) is 0 Å². The highest BCUT2D eigenvalue weighted by Gasteiger charge is 2.55. The van der Waals surface area contributed by atoms with Gasteiger partial charge in [-0.05, 0) is 19.5 Å². The number of hydrogen-bond acceptors (Lipinski definition) is 4. The van der Waals surface area contributed by atoms with Crippen molar-refractivity contribution in [2.75, 3.05) is 18.6 Å². The van der Waals surface area contributed by atoms with Crippen LogP contribution in [0.15, 0.2) is 12.2 Å². The lowest BCUT2D eigenvalue weighted by atomic mass is 10.1. The first kappa shape index (κ1) is 9.31. The van der Waals surface area contributed by atoms with Crippen LogP contribution in [-0.2, 0) is 4.79 Å². The van der Waals surface area contributed by atoms with Crippen LogP contribution in [0.4, 0.5) is 0 Å². The molecule has 3 aliphatic heterocycles. The fourth-order valence-corrected chi connectivity index (χ4v) is 6.25. The number of likely N-dealkylation sites (N-methyl/N-ethyl adjacent to an activating group) is 1. The summed E-state index contributed by atoms with van der Waals surface area (Å²) >= 11 is 4.10. The van der Waals surface area contributed by atoms with Crippen LogP contribution in [0.25, 0.3) is 0 Å². The molecule has 2 nitrogen and oxygen atoms in total. The van der Waals surface area contributed by atoms with Crippen molar-refractivity contribution in [1.29, 1.82) is 0 Å². The molecule has 0 aromatic rings. The average Bonchev–Trinajstić information content (AvgIpc) is 2.67. The van der Waals surface area contributed by atoms with Gasteiger partial charge in [-0.15, -0.1) is 23.5 Å². The summed E-state index contributed by atoms with van der Waals surface area (Å²) < 4.78 is 0.294. The summed E-state index contributed by atoms with van der Waals surface area (Å²) in [5.74, 6) is 2.78. The van der Waals surface area contributed by atoms with Crippen LogP contribution in [0.3, 0.4) is 0 Å². The van der Waals surface area contributed by atoms with Gasteiger partial charge >= 0.3 is 0 Å². The van der Waals surface area contributed by atoms with Gasteiger partial charge in [0.1, 0.15) is 0 Å². The van der Waals surface area contributed by atoms with Gasteiger partial charge in [0.05, 0.1) is 16.2 Å². The van der Waals surface area contributed by atoms with E-state index in [9.17, 15) is 4.79 Å². The van der Waals surface area contributed by atoms with E-state index >= 15 is 0 Å². The Kier molecular flexibility index (Phi) is 2.01. The molecule has 2 atom stereocenters. The minimum absolute atomic E-state index is 0.156. The normalized spacial score (nSPS) is 39.9. The quantitative estimate of drug-likeness (QED) is 0.622. The monoisotopic (exact) mass is 227 g/mol. The smallest absolute Gasteiger partial charge is 0.172 e. The fraction of sp³-hybridized carbons (Fsp3) is 0.700. The first-order chi connectivity index (χ1) is 6.73. The zero-order valence-electron chi connectivity index (χ0n) is 8.10. The Hall–Kier alpha value is 0.0700. The molecule has 3 aliphatic rings. The van der Waals surface area contributed by atoms with Crippen molar-refractivity contribution in [2.45, 2.75) is 22.6 Å². The Balaban J connectivity index is 2.00. The number of ketones is 1. The third-order valence-electron chi connectivity index (χ3n) is 3.41. The summed E-state index contributed by atoms with van der Waals surface area (Å²) in [5, 5.41) is 0. The first-order valence-electron chi connectivity index (χ1n) is 4.95. The maximum Gasteiger partial charge on any atom is 0.172 e. The zero-order valence-corrected chi connectivity index (χ0v) is 9.74. The molecule has 2 fully saturated rings. The number of carbonyl (C=O) groups excluding carboxylic acids is 1. The van der Waals surface area contributed by atoms with E-state index in [1.807, 2.05) is 0 Å². The van der Waals surface area contributed by atoms with Gasteiger partial charge in [-0.3, -0.25) is 9.69 Å². The second-order valence-corrected chi connectivity index (χ2v) is 7.21. The Morgan fingerprint density at radius 1 is 1.50 bits per heavy atom. The fourth-order valence-electron chi connectivity index (χ4n) is 2.68. The molecule has 2 saturated heterocycles. The Labute approximate surface area is 92.5 Å². The van der Waals surface area contributed by atoms with Gasteiger partial charge in [-0.25, -0.2) is 0 Å². The maximum atomic E-state index is 11.7. The minimum Gasteiger partial charge on any atom is -0.293 e. The van der Waals surface area contributed by atoms with Crippen molar-refractivity contribution in [2.24, 2.45) is 0 Å². The molecule has 76 valence electrons. The minimum atomic E-state index is 0.156. The van der Waals surface area contributed by atoms with E-state index < -0.39 is 0 Å². The molecule has 0 aromatic heterocycles. The Morgan fingerprint density at radius 2 is 2.21 bits per heavy atom. The van der Waals surface area contributed by atoms with E-state index in [1.165, 1.54) is 11.5 Å². The van der Waals surface area contributed by atoms with Crippen molar-refractivity contribution in [1.82, 2.24) is 4.90 Å². The standard InChI is InChI=1S/C10H13NOS2/c1-11-7-6-10(13-4-5-14-10)9(11)3-2-8(7)12/h2-3,7,9H,4-6H2,1H3. The average molecular weight is 227 g/mol. The van der Waals surface area contributed by atoms with Crippen molar-refractivity contribution in [3.05, 3.63) is 12.2 Å². The lowest BCUT2D eigenvalue weighted by Gasteiger charge is -2.31. The van der Waals surface area contributed by atoms with Gasteiger partial charge in [0.2, 0.25) is 0 Å². The van der Waals surface area contributed by atoms with Gasteiger partial charge in [0.15, 0.2) is 5.78 Å². The lowest BCUT2D eigenvalue weighted by Crippen LogP contribution is -2.42. The van der Waals surface area contributed by atoms with Crippen LogP contribution in [0.2, 0.25) is 0 Å². The third-order valence-corrected chi connectivity index (χ3v) is 6.98. The van der Waals surface area contributed by atoms with Crippen LogP contribution < -0.4 is 0 Å². The molecule has 0 saturated carbocycles. The SMILES string of the molecule is CN1C2CC3(SCCS3)C1C=CC2=O. The highest BCUT2D eigenvalue weighted by atomic mass is 32.2. The van der Waals surface area contributed by atoms with E-state index in [1.54, 1.807) is 6.08 Å². The molecule has 0 aromatic carbocycles. The van der Waals surface area contributed by atoms with Crippen LogP contribution in [-0.4, -0.2) is 45.4 Å². The highest BCUT2D eigenvalue weighted by molar-refractivity contribution is 8.21. The van der Waals surface area contributed by atoms with Crippen molar-refractivity contribution < 1.29 is 4.79 Å². The molecule has 1 spiro atoms. The maximum absolute atomic E-state index is 11.7. The molecule has 0 radical (unpaired) electrons. The van der Waals surface area contributed by atoms with Crippen LogP contribution in [0.1, 0.15) is 6.42 Å². The lowest BCUT2D eigenvalue weighted by molar-refractivity contribution is -0.119. The van der Waals surface area contributed by atoms with Gasteiger partial charge in [0, 0.05) is 11.5 Å². The number of fused-ring (bicyclic) bond motifs is 3. The number of carbonyl (C=O) groups is 1. The van der Waals surface area contributed by atoms with Crippen LogP contribution in [0, 0.1) is 0 Å². The summed E-state index contributed by atoms with van der Waals surface area (Å²) in [7, 11) is 2.09. The largest absolute Gasteiger partial charge is 0.293 e. The van der Waals surface area contributed by atoms with Gasteiger partial charge in [-0.1, -0.05) is 6.08 Å². The van der Waals surface area contributed by atoms with E-state index in [0.29, 0.717) is 15.9 Å². The molecule has 2 unspecified atom stereocenters. The summed E-state index contributed by atoms with van der Waals surface area (Å²) in [6.07, 6.45) is 4.94. The van der Waals surface area contributed by atoms with Crippen molar-refractivity contribution in [3.63, 3.8) is 0 Å². The summed E-state index contributed by atoms with van der Waals surface area (Å²) in [6, 6.07) is 0.630. The molecule has 3 rings (SSSR count). The van der Waals surface area contributed by atoms with Crippen LogP contribution >= 0.6 is 23.5 Å².